The van der Waals surface area contributed by atoms with Crippen LogP contribution in [0, 0.1) is 35.5 Å². The number of allylic oxidation sites excluding steroid dienone is 2. The molecule has 1 saturated heterocycles. The Morgan fingerprint density at radius 2 is 1.63 bits per heavy atom. The van der Waals surface area contributed by atoms with E-state index in [9.17, 15) is 14.4 Å². The van der Waals surface area contributed by atoms with Crippen LogP contribution in [0.1, 0.15) is 13.3 Å². The van der Waals surface area contributed by atoms with Crippen LogP contribution in [-0.4, -0.2) is 35.8 Å². The van der Waals surface area contributed by atoms with Crippen molar-refractivity contribution in [2.24, 2.45) is 35.5 Å². The molecule has 140 valence electrons. The Hall–Kier alpha value is -2.63. The lowest BCUT2D eigenvalue weighted by atomic mass is 9.63. The van der Waals surface area contributed by atoms with Gasteiger partial charge in [-0.2, -0.15) is 0 Å². The summed E-state index contributed by atoms with van der Waals surface area (Å²) >= 11 is 0. The zero-order chi connectivity index (χ0) is 18.9. The smallest absolute Gasteiger partial charge is 0.247 e. The van der Waals surface area contributed by atoms with Gasteiger partial charge in [0, 0.05) is 5.69 Å². The maximum absolute atomic E-state index is 13.1. The molecule has 0 spiro atoms. The van der Waals surface area contributed by atoms with E-state index < -0.39 is 6.04 Å². The maximum Gasteiger partial charge on any atom is 0.247 e. The van der Waals surface area contributed by atoms with Crippen molar-refractivity contribution in [3.05, 3.63) is 36.4 Å². The minimum Gasteiger partial charge on any atom is -0.497 e. The monoisotopic (exact) mass is 366 g/mol. The van der Waals surface area contributed by atoms with Gasteiger partial charge in [-0.3, -0.25) is 19.3 Å². The Morgan fingerprint density at radius 1 is 1.07 bits per heavy atom. The number of amides is 3. The molecule has 6 heteroatoms. The van der Waals surface area contributed by atoms with Crippen molar-refractivity contribution >= 4 is 23.4 Å². The largest absolute Gasteiger partial charge is 0.497 e. The van der Waals surface area contributed by atoms with Crippen LogP contribution in [0.15, 0.2) is 36.4 Å². The first-order chi connectivity index (χ1) is 13.0. The van der Waals surface area contributed by atoms with Gasteiger partial charge in [0.1, 0.15) is 11.8 Å². The van der Waals surface area contributed by atoms with Gasteiger partial charge >= 0.3 is 0 Å². The Balaban J connectivity index is 1.34. The van der Waals surface area contributed by atoms with Gasteiger partial charge in [0.2, 0.25) is 17.7 Å². The standard InChI is InChI=1S/C21H22N2O4/c1-10(19(24)22-11-3-5-12(27-2)6-4-11)23-20(25)17-13-7-8-14(16-9-15(13)16)18(17)21(23)26/h3-8,10,13-18H,9H2,1-2H3,(H,22,24)/t10-,13-,14-,15-,16+,17+,18+/m0/s1. The van der Waals surface area contributed by atoms with Crippen molar-refractivity contribution in [1.29, 1.82) is 0 Å². The molecule has 0 aromatic heterocycles. The first-order valence-electron chi connectivity index (χ1n) is 9.51. The molecule has 1 aromatic carbocycles. The minimum atomic E-state index is -0.826. The minimum absolute atomic E-state index is 0.170. The van der Waals surface area contributed by atoms with Crippen LogP contribution in [-0.2, 0) is 14.4 Å². The highest BCUT2D eigenvalue weighted by Gasteiger charge is 2.67. The number of anilines is 1. The molecule has 5 aliphatic rings. The second-order valence-electron chi connectivity index (χ2n) is 8.09. The van der Waals surface area contributed by atoms with Crippen LogP contribution < -0.4 is 10.1 Å². The molecule has 1 heterocycles. The summed E-state index contributed by atoms with van der Waals surface area (Å²) in [5.74, 6) is 0.899. The number of hydrogen-bond donors (Lipinski definition) is 1. The molecule has 27 heavy (non-hydrogen) atoms. The Bertz CT molecular complexity index is 825. The third-order valence-corrected chi connectivity index (χ3v) is 6.82. The van der Waals surface area contributed by atoms with Crippen LogP contribution >= 0.6 is 0 Å². The molecule has 1 N–H and O–H groups in total. The van der Waals surface area contributed by atoms with Crippen LogP contribution in [0.25, 0.3) is 0 Å². The SMILES string of the molecule is COc1ccc(NC(=O)[C@H](C)N2C(=O)[C@@H]3[C@H]4C=C[C@@H]([C@@H]5C[C@H]45)[C@H]3C2=O)cc1. The molecule has 2 saturated carbocycles. The van der Waals surface area contributed by atoms with Gasteiger partial charge in [-0.05, 0) is 61.3 Å². The molecule has 1 aromatic rings. The van der Waals surface area contributed by atoms with E-state index in [-0.39, 0.29) is 41.4 Å². The average Bonchev–Trinajstić information content (AvgIpc) is 3.46. The lowest BCUT2D eigenvalue weighted by molar-refractivity contribution is -0.146. The van der Waals surface area contributed by atoms with Crippen LogP contribution in [0.4, 0.5) is 5.69 Å². The van der Waals surface area contributed by atoms with E-state index >= 15 is 0 Å². The topological polar surface area (TPSA) is 75.7 Å². The number of nitrogens with one attached hydrogen (secondary N) is 1. The Labute approximate surface area is 157 Å². The lowest BCUT2D eigenvalue weighted by Crippen LogP contribution is -2.46. The Morgan fingerprint density at radius 3 is 2.15 bits per heavy atom. The quantitative estimate of drug-likeness (QED) is 0.654. The molecular weight excluding hydrogens is 344 g/mol. The van der Waals surface area contributed by atoms with E-state index in [0.29, 0.717) is 23.3 Å². The second-order valence-corrected chi connectivity index (χ2v) is 8.09. The highest BCUT2D eigenvalue weighted by atomic mass is 16.5. The van der Waals surface area contributed by atoms with Gasteiger partial charge in [0.25, 0.3) is 0 Å². The average molecular weight is 366 g/mol. The zero-order valence-electron chi connectivity index (χ0n) is 15.3. The summed E-state index contributed by atoms with van der Waals surface area (Å²) < 4.78 is 5.11. The van der Waals surface area contributed by atoms with Gasteiger partial charge < -0.3 is 10.1 Å². The fourth-order valence-electron chi connectivity index (χ4n) is 5.40. The zero-order valence-corrected chi connectivity index (χ0v) is 15.3. The van der Waals surface area contributed by atoms with Crippen LogP contribution in [0.5, 0.6) is 5.75 Å². The molecule has 3 amide bonds. The third-order valence-electron chi connectivity index (χ3n) is 6.82. The fourth-order valence-corrected chi connectivity index (χ4v) is 5.40. The van der Waals surface area contributed by atoms with Gasteiger partial charge in [-0.25, -0.2) is 0 Å². The first-order valence-corrected chi connectivity index (χ1v) is 9.51. The maximum atomic E-state index is 13.1. The number of benzene rings is 1. The van der Waals surface area contributed by atoms with E-state index in [4.69, 9.17) is 4.74 Å². The molecule has 0 unspecified atom stereocenters. The van der Waals surface area contributed by atoms with E-state index in [1.807, 2.05) is 0 Å². The highest BCUT2D eigenvalue weighted by Crippen LogP contribution is 2.65. The second kappa shape index (κ2) is 5.68. The van der Waals surface area contributed by atoms with Gasteiger partial charge in [-0.15, -0.1) is 0 Å². The van der Waals surface area contributed by atoms with Gasteiger partial charge in [-0.1, -0.05) is 12.2 Å². The van der Waals surface area contributed by atoms with Crippen LogP contribution in [0.2, 0.25) is 0 Å². The fraction of sp³-hybridized carbons (Fsp3) is 0.476. The van der Waals surface area contributed by atoms with Crippen molar-refractivity contribution in [2.75, 3.05) is 12.4 Å². The molecule has 1 aliphatic heterocycles. The number of methoxy groups -OCH3 is 1. The third kappa shape index (κ3) is 2.28. The summed E-state index contributed by atoms with van der Waals surface area (Å²) in [4.78, 5) is 40.0. The summed E-state index contributed by atoms with van der Waals surface area (Å²) in [5, 5.41) is 2.79. The Kier molecular flexibility index (Phi) is 3.48. The molecule has 7 atom stereocenters. The van der Waals surface area contributed by atoms with Crippen molar-refractivity contribution in [2.45, 2.75) is 19.4 Å². The molecule has 3 fully saturated rings. The number of ether oxygens (including phenoxy) is 1. The first kappa shape index (κ1) is 16.5. The number of carbonyl (C=O) groups is 3. The highest BCUT2D eigenvalue weighted by molar-refractivity contribution is 6.10. The molecule has 2 bridgehead atoms. The van der Waals surface area contributed by atoms with E-state index in [0.717, 1.165) is 6.42 Å². The molecular formula is C21H22N2O4. The number of rotatable bonds is 4. The number of imide groups is 1. The summed E-state index contributed by atoms with van der Waals surface area (Å²) in [6, 6.07) is 6.13. The van der Waals surface area contributed by atoms with Crippen molar-refractivity contribution < 1.29 is 19.1 Å². The molecule has 4 aliphatic carbocycles. The van der Waals surface area contributed by atoms with Crippen molar-refractivity contribution in [3.8, 4) is 5.75 Å². The lowest BCUT2D eigenvalue weighted by Gasteiger charge is -2.37. The number of nitrogens with zero attached hydrogens (tertiary/aromatic N) is 1. The van der Waals surface area contributed by atoms with E-state index in [2.05, 4.69) is 17.5 Å². The summed E-state index contributed by atoms with van der Waals surface area (Å²) in [5.41, 5.74) is 0.604. The molecule has 6 rings (SSSR count). The normalized spacial score (nSPS) is 36.3. The summed E-state index contributed by atoms with van der Waals surface area (Å²) in [7, 11) is 1.58. The number of carbonyl (C=O) groups excluding carboxylic acids is 3. The predicted molar refractivity (Wildman–Crippen MR) is 97.6 cm³/mol. The number of hydrogen-bond acceptors (Lipinski definition) is 4. The molecule has 0 radical (unpaired) electrons. The van der Waals surface area contributed by atoms with Gasteiger partial charge in [0.05, 0.1) is 18.9 Å². The number of likely N-dealkylation sites (tertiary alicyclic amines) is 1. The van der Waals surface area contributed by atoms with Crippen LogP contribution in [0.3, 0.4) is 0 Å². The predicted octanol–water partition coefficient (Wildman–Crippen LogP) is 2.08. The van der Waals surface area contributed by atoms with Gasteiger partial charge in [0.15, 0.2) is 0 Å². The summed E-state index contributed by atoms with van der Waals surface area (Å²) in [6.45, 7) is 1.63. The van der Waals surface area contributed by atoms with Crippen molar-refractivity contribution in [1.82, 2.24) is 4.90 Å². The van der Waals surface area contributed by atoms with Crippen molar-refractivity contribution in [3.63, 3.8) is 0 Å². The van der Waals surface area contributed by atoms with E-state index in [1.165, 1.54) is 4.90 Å². The van der Waals surface area contributed by atoms with E-state index in [1.54, 1.807) is 38.3 Å². The molecule has 6 nitrogen and oxygen atoms in total. The summed E-state index contributed by atoms with van der Waals surface area (Å²) in [6.07, 6.45) is 5.40.